The minimum absolute atomic E-state index is 0.0297. The first-order valence-corrected chi connectivity index (χ1v) is 20.3. The van der Waals surface area contributed by atoms with Crippen LogP contribution >= 0.6 is 11.3 Å². The summed E-state index contributed by atoms with van der Waals surface area (Å²) in [6.45, 7) is 16.2. The number of aromatic nitrogens is 2. The molecule has 10 rings (SSSR count). The number of imidazole rings is 1. The fourth-order valence-corrected chi connectivity index (χ4v) is 9.66. The highest BCUT2D eigenvalue weighted by atomic mass is 32.1. The van der Waals surface area contributed by atoms with E-state index in [1.165, 1.54) is 64.4 Å². The lowest BCUT2D eigenvalue weighted by Gasteiger charge is -2.24. The fourth-order valence-electron chi connectivity index (χ4n) is 8.54. The van der Waals surface area contributed by atoms with E-state index in [2.05, 4.69) is 180 Å². The van der Waals surface area contributed by atoms with Gasteiger partial charge in [0, 0.05) is 25.7 Å². The molecule has 4 heteroatoms. The summed E-state index contributed by atoms with van der Waals surface area (Å²) < 4.78 is 10.8. The van der Waals surface area contributed by atoms with Crippen LogP contribution in [-0.4, -0.2) is 9.55 Å². The fraction of sp³-hybridized carbons (Fsp3) is 0.196. The average Bonchev–Trinajstić information content (AvgIpc) is 3.90. The van der Waals surface area contributed by atoms with Crippen molar-refractivity contribution in [2.45, 2.75) is 65.7 Å². The van der Waals surface area contributed by atoms with Crippen molar-refractivity contribution in [3.63, 3.8) is 0 Å². The molecular formula is C51H44N2OS. The van der Waals surface area contributed by atoms with Crippen LogP contribution in [0.2, 0.25) is 0 Å². The van der Waals surface area contributed by atoms with E-state index in [0.29, 0.717) is 0 Å². The molecule has 0 radical (unpaired) electrons. The molecule has 3 heterocycles. The van der Waals surface area contributed by atoms with Gasteiger partial charge in [-0.3, -0.25) is 4.57 Å². The normalized spacial score (nSPS) is 12.6. The van der Waals surface area contributed by atoms with Crippen LogP contribution in [-0.2, 0) is 5.41 Å². The number of fused-ring (bicyclic) bond motifs is 9. The molecule has 270 valence electrons. The first kappa shape index (κ1) is 33.8. The van der Waals surface area contributed by atoms with Gasteiger partial charge in [0.2, 0.25) is 0 Å². The Morgan fingerprint density at radius 3 is 2.05 bits per heavy atom. The standard InChI is InChI=1S/C51H44N2OS/c1-29(2)38-25-34(31-14-9-8-10-15-31)26-39(30(3)4)47(38)53-48-42-28-46(51(5,6)7)55-45(42)23-22-43(48)52-50(53)37-19-13-18-36-41-24-33-21-20-32-16-11-12-17-35(32)40(33)27-44(41)54-49(36)37/h8-30H,1-7H3. The van der Waals surface area contributed by atoms with Crippen LogP contribution in [0.15, 0.2) is 132 Å². The van der Waals surface area contributed by atoms with Gasteiger partial charge >= 0.3 is 0 Å². The minimum atomic E-state index is 0.0297. The second kappa shape index (κ2) is 12.4. The summed E-state index contributed by atoms with van der Waals surface area (Å²) in [6.07, 6.45) is 0. The van der Waals surface area contributed by atoms with Crippen LogP contribution in [0.5, 0.6) is 0 Å². The zero-order chi connectivity index (χ0) is 37.7. The quantitative estimate of drug-likeness (QED) is 0.165. The smallest absolute Gasteiger partial charge is 0.149 e. The maximum Gasteiger partial charge on any atom is 0.149 e. The third-order valence-electron chi connectivity index (χ3n) is 11.4. The van der Waals surface area contributed by atoms with Gasteiger partial charge in [-0.05, 0) is 110 Å². The second-order valence-electron chi connectivity index (χ2n) is 16.8. The number of benzene rings is 7. The highest BCUT2D eigenvalue weighted by Gasteiger charge is 2.28. The maximum absolute atomic E-state index is 7.00. The molecular weight excluding hydrogens is 689 g/mol. The average molecular weight is 733 g/mol. The number of nitrogens with zero attached hydrogens (tertiary/aromatic N) is 2. The van der Waals surface area contributed by atoms with Gasteiger partial charge in [-0.1, -0.05) is 127 Å². The summed E-state index contributed by atoms with van der Waals surface area (Å²) in [5.41, 5.74) is 11.2. The van der Waals surface area contributed by atoms with E-state index < -0.39 is 0 Å². The van der Waals surface area contributed by atoms with Gasteiger partial charge in [0.1, 0.15) is 17.0 Å². The van der Waals surface area contributed by atoms with Gasteiger partial charge in [-0.15, -0.1) is 11.3 Å². The monoisotopic (exact) mass is 732 g/mol. The predicted molar refractivity (Wildman–Crippen MR) is 236 cm³/mol. The summed E-state index contributed by atoms with van der Waals surface area (Å²) in [7, 11) is 0. The van der Waals surface area contributed by atoms with Crippen molar-refractivity contribution in [3.8, 4) is 28.2 Å². The zero-order valence-electron chi connectivity index (χ0n) is 32.5. The molecule has 0 aliphatic rings. The van der Waals surface area contributed by atoms with E-state index >= 15 is 0 Å². The first-order valence-electron chi connectivity index (χ1n) is 19.5. The second-order valence-corrected chi connectivity index (χ2v) is 17.9. The van der Waals surface area contributed by atoms with Crippen molar-refractivity contribution in [2.24, 2.45) is 0 Å². The summed E-state index contributed by atoms with van der Waals surface area (Å²) in [6, 6.07) is 46.7. The van der Waals surface area contributed by atoms with E-state index in [0.717, 1.165) is 44.4 Å². The number of furan rings is 1. The van der Waals surface area contributed by atoms with Crippen molar-refractivity contribution in [1.82, 2.24) is 9.55 Å². The topological polar surface area (TPSA) is 31.0 Å². The van der Waals surface area contributed by atoms with E-state index in [1.807, 2.05) is 11.3 Å². The Hall–Kier alpha value is -5.71. The van der Waals surface area contributed by atoms with Crippen LogP contribution in [0.3, 0.4) is 0 Å². The maximum atomic E-state index is 7.00. The Morgan fingerprint density at radius 1 is 0.600 bits per heavy atom. The van der Waals surface area contributed by atoms with Crippen molar-refractivity contribution in [2.75, 3.05) is 0 Å². The molecule has 0 unspecified atom stereocenters. The lowest BCUT2D eigenvalue weighted by Crippen LogP contribution is -2.10. The molecule has 3 nitrogen and oxygen atoms in total. The Labute approximate surface area is 325 Å². The Morgan fingerprint density at radius 2 is 1.31 bits per heavy atom. The first-order chi connectivity index (χ1) is 26.5. The van der Waals surface area contributed by atoms with Crippen molar-refractivity contribution in [3.05, 3.63) is 143 Å². The van der Waals surface area contributed by atoms with Crippen LogP contribution < -0.4 is 0 Å². The van der Waals surface area contributed by atoms with E-state index in [4.69, 9.17) is 9.40 Å². The number of thiophene rings is 1. The van der Waals surface area contributed by atoms with Crippen molar-refractivity contribution < 1.29 is 4.42 Å². The molecule has 0 atom stereocenters. The largest absolute Gasteiger partial charge is 0.455 e. The molecule has 0 fully saturated rings. The molecule has 0 aliphatic carbocycles. The molecule has 0 saturated carbocycles. The van der Waals surface area contributed by atoms with Crippen LogP contribution in [0.1, 0.15) is 76.3 Å². The lowest BCUT2D eigenvalue weighted by atomic mass is 9.88. The van der Waals surface area contributed by atoms with Crippen LogP contribution in [0, 0.1) is 0 Å². The van der Waals surface area contributed by atoms with Gasteiger partial charge < -0.3 is 4.42 Å². The molecule has 0 spiro atoms. The van der Waals surface area contributed by atoms with E-state index in [-0.39, 0.29) is 17.3 Å². The molecule has 0 saturated heterocycles. The van der Waals surface area contributed by atoms with Gasteiger partial charge in [0.15, 0.2) is 0 Å². The van der Waals surface area contributed by atoms with Gasteiger partial charge in [-0.25, -0.2) is 4.98 Å². The molecule has 10 aromatic rings. The molecule has 0 N–H and O–H groups in total. The summed E-state index contributed by atoms with van der Waals surface area (Å²) in [5.74, 6) is 1.43. The number of hydrogen-bond acceptors (Lipinski definition) is 3. The lowest BCUT2D eigenvalue weighted by molar-refractivity contribution is 0.604. The zero-order valence-corrected chi connectivity index (χ0v) is 33.3. The molecule has 7 aromatic carbocycles. The minimum Gasteiger partial charge on any atom is -0.455 e. The molecule has 0 amide bonds. The van der Waals surface area contributed by atoms with Crippen molar-refractivity contribution in [1.29, 1.82) is 0 Å². The van der Waals surface area contributed by atoms with Gasteiger partial charge in [-0.2, -0.15) is 0 Å². The molecule has 3 aromatic heterocycles. The third-order valence-corrected chi connectivity index (χ3v) is 12.9. The number of hydrogen-bond donors (Lipinski definition) is 0. The summed E-state index contributed by atoms with van der Waals surface area (Å²) in [5, 5.41) is 8.35. The molecule has 0 aliphatic heterocycles. The number of para-hydroxylation sites is 1. The predicted octanol–water partition coefficient (Wildman–Crippen LogP) is 15.3. The summed E-state index contributed by atoms with van der Waals surface area (Å²) in [4.78, 5) is 6.96. The highest BCUT2D eigenvalue weighted by molar-refractivity contribution is 7.19. The number of rotatable bonds is 5. The SMILES string of the molecule is CC(C)c1cc(-c2ccccc2)cc(C(C)C)c1-n1c(-c2cccc3c2oc2cc4c(ccc5ccccc54)cc23)nc2ccc3sc(C(C)(C)C)cc3c21. The third kappa shape index (κ3) is 5.33. The van der Waals surface area contributed by atoms with Crippen molar-refractivity contribution >= 4 is 75.9 Å². The van der Waals surface area contributed by atoms with Crippen LogP contribution in [0.25, 0.3) is 92.8 Å². The Bertz CT molecular complexity index is 3100. The molecule has 0 bridgehead atoms. The van der Waals surface area contributed by atoms with Crippen LogP contribution in [0.4, 0.5) is 0 Å². The highest BCUT2D eigenvalue weighted by Crippen LogP contribution is 2.46. The van der Waals surface area contributed by atoms with E-state index in [1.54, 1.807) is 0 Å². The van der Waals surface area contributed by atoms with E-state index in [9.17, 15) is 0 Å². The van der Waals surface area contributed by atoms with Gasteiger partial charge in [0.05, 0.1) is 22.3 Å². The molecule has 55 heavy (non-hydrogen) atoms. The summed E-state index contributed by atoms with van der Waals surface area (Å²) >= 11 is 1.90. The Kier molecular flexibility index (Phi) is 7.63. The Balaban J connectivity index is 1.33. The van der Waals surface area contributed by atoms with Gasteiger partial charge in [0.25, 0.3) is 0 Å².